The van der Waals surface area contributed by atoms with Crippen molar-refractivity contribution in [3.05, 3.63) is 0 Å². The predicted octanol–water partition coefficient (Wildman–Crippen LogP) is 5.38. The second-order valence-corrected chi connectivity index (χ2v) is 6.02. The molecule has 0 fully saturated rings. The first-order valence-electron chi connectivity index (χ1n) is 9.07. The maximum atomic E-state index is 2.64. The Labute approximate surface area is 151 Å². The summed E-state index contributed by atoms with van der Waals surface area (Å²) in [5.41, 5.74) is 0. The zero-order chi connectivity index (χ0) is 14.2. The minimum atomic E-state index is 0. The van der Waals surface area contributed by atoms with Crippen LogP contribution in [0.15, 0.2) is 0 Å². The zero-order valence-electron chi connectivity index (χ0n) is 14.1. The van der Waals surface area contributed by atoms with E-state index < -0.39 is 0 Å². The first kappa shape index (κ1) is 23.2. The molecule has 2 heteroatoms. The molecule has 0 saturated carbocycles. The number of rotatable bonds is 15. The van der Waals surface area contributed by atoms with Crippen molar-refractivity contribution >= 4 is 29.6 Å². The molecule has 0 unspecified atom stereocenters. The molecule has 0 aliphatic carbocycles. The molecular weight excluding hydrogens is 253 g/mol. The molecule has 1 nitrogen and oxygen atoms in total. The van der Waals surface area contributed by atoms with Gasteiger partial charge < -0.3 is 4.90 Å². The summed E-state index contributed by atoms with van der Waals surface area (Å²) in [6, 6.07) is 0. The summed E-state index contributed by atoms with van der Waals surface area (Å²) in [5.74, 6) is 0. The Morgan fingerprint density at radius 1 is 0.450 bits per heavy atom. The summed E-state index contributed by atoms with van der Waals surface area (Å²) in [6.07, 6.45) is 17.1. The van der Waals surface area contributed by atoms with Gasteiger partial charge in [0.25, 0.3) is 0 Å². The van der Waals surface area contributed by atoms with Crippen molar-refractivity contribution in [3.63, 3.8) is 0 Å². The van der Waals surface area contributed by atoms with Crippen LogP contribution in [0.2, 0.25) is 0 Å². The number of hydrogen-bond donors (Lipinski definition) is 0. The van der Waals surface area contributed by atoms with Crippen molar-refractivity contribution in [2.45, 2.75) is 97.8 Å². The monoisotopic (exact) mass is 293 g/mol. The van der Waals surface area contributed by atoms with E-state index in [1.54, 1.807) is 0 Å². The number of unbranched alkanes of at least 4 members (excludes halogenated alkanes) is 9. The second kappa shape index (κ2) is 20.0. The Hall–Kier alpha value is 0.960. The summed E-state index contributed by atoms with van der Waals surface area (Å²) < 4.78 is 0. The third-order valence-corrected chi connectivity index (χ3v) is 3.91. The van der Waals surface area contributed by atoms with E-state index >= 15 is 0 Å². The molecule has 0 bridgehead atoms. The van der Waals surface area contributed by atoms with Gasteiger partial charge in [-0.25, -0.2) is 0 Å². The van der Waals surface area contributed by atoms with Gasteiger partial charge in [-0.15, -0.1) is 0 Å². The van der Waals surface area contributed by atoms with E-state index in [1.807, 2.05) is 0 Å². The van der Waals surface area contributed by atoms with Crippen LogP contribution in [0.5, 0.6) is 0 Å². The second-order valence-electron chi connectivity index (χ2n) is 6.02. The molecule has 0 atom stereocenters. The predicted molar refractivity (Wildman–Crippen MR) is 96.0 cm³/mol. The summed E-state index contributed by atoms with van der Waals surface area (Å²) in [4.78, 5) is 2.64. The van der Waals surface area contributed by atoms with Gasteiger partial charge in [0.1, 0.15) is 0 Å². The molecule has 118 valence electrons. The van der Waals surface area contributed by atoms with E-state index in [-0.39, 0.29) is 29.6 Å². The SMILES string of the molecule is CCCCCCCCCCCCN(CCC)CCC.[NaH]. The molecule has 0 radical (unpaired) electrons. The van der Waals surface area contributed by atoms with Crippen LogP contribution in [0.25, 0.3) is 0 Å². The van der Waals surface area contributed by atoms with Crippen LogP contribution in [0.4, 0.5) is 0 Å². The van der Waals surface area contributed by atoms with Crippen LogP contribution in [-0.4, -0.2) is 54.1 Å². The number of nitrogens with zero attached hydrogens (tertiary/aromatic N) is 1. The Bertz CT molecular complexity index is 155. The van der Waals surface area contributed by atoms with E-state index in [4.69, 9.17) is 0 Å². The van der Waals surface area contributed by atoms with E-state index in [1.165, 1.54) is 96.7 Å². The average molecular weight is 294 g/mol. The molecule has 0 aromatic carbocycles. The summed E-state index contributed by atoms with van der Waals surface area (Å²) in [6.45, 7) is 10.8. The Morgan fingerprint density at radius 2 is 0.850 bits per heavy atom. The van der Waals surface area contributed by atoms with Crippen molar-refractivity contribution in [3.8, 4) is 0 Å². The van der Waals surface area contributed by atoms with Crippen LogP contribution in [0.1, 0.15) is 97.8 Å². The Balaban J connectivity index is 0. The van der Waals surface area contributed by atoms with Gasteiger partial charge >= 0.3 is 29.6 Å². The summed E-state index contributed by atoms with van der Waals surface area (Å²) in [7, 11) is 0. The van der Waals surface area contributed by atoms with Gasteiger partial charge in [-0.3, -0.25) is 0 Å². The van der Waals surface area contributed by atoms with E-state index in [0.29, 0.717) is 0 Å². The van der Waals surface area contributed by atoms with Crippen LogP contribution in [0, 0.1) is 0 Å². The van der Waals surface area contributed by atoms with Crippen LogP contribution in [-0.2, 0) is 0 Å². The van der Waals surface area contributed by atoms with Crippen molar-refractivity contribution < 1.29 is 0 Å². The molecule has 0 aliphatic heterocycles. The molecular formula is C18H40NNa. The molecule has 0 aromatic heterocycles. The van der Waals surface area contributed by atoms with Crippen molar-refractivity contribution in [1.82, 2.24) is 4.90 Å². The molecule has 0 aromatic rings. The maximum absolute atomic E-state index is 2.64. The fourth-order valence-corrected chi connectivity index (χ4v) is 2.79. The van der Waals surface area contributed by atoms with Crippen molar-refractivity contribution in [2.24, 2.45) is 0 Å². The fourth-order valence-electron chi connectivity index (χ4n) is 2.79. The molecule has 0 saturated heterocycles. The molecule has 0 spiro atoms. The average Bonchev–Trinajstić information content (AvgIpc) is 2.41. The first-order valence-corrected chi connectivity index (χ1v) is 9.07. The number of hydrogen-bond acceptors (Lipinski definition) is 1. The van der Waals surface area contributed by atoms with Gasteiger partial charge in [0.2, 0.25) is 0 Å². The van der Waals surface area contributed by atoms with Gasteiger partial charge in [-0.2, -0.15) is 0 Å². The molecule has 0 aliphatic rings. The fraction of sp³-hybridized carbons (Fsp3) is 1.00. The van der Waals surface area contributed by atoms with Crippen LogP contribution >= 0.6 is 0 Å². The van der Waals surface area contributed by atoms with Crippen molar-refractivity contribution in [2.75, 3.05) is 19.6 Å². The molecule has 0 rings (SSSR count). The Morgan fingerprint density at radius 3 is 1.25 bits per heavy atom. The van der Waals surface area contributed by atoms with Gasteiger partial charge in [0.05, 0.1) is 0 Å². The van der Waals surface area contributed by atoms with Gasteiger partial charge in [0, 0.05) is 0 Å². The standard InChI is InChI=1S/C18H39N.Na.H/c1-4-7-8-9-10-11-12-13-14-15-18-19(16-5-2)17-6-3;;/h4-18H2,1-3H3;;. The first-order chi connectivity index (χ1) is 9.35. The van der Waals surface area contributed by atoms with Crippen LogP contribution in [0.3, 0.4) is 0 Å². The third kappa shape index (κ3) is 17.0. The zero-order valence-corrected chi connectivity index (χ0v) is 14.1. The summed E-state index contributed by atoms with van der Waals surface area (Å²) >= 11 is 0. The molecule has 0 N–H and O–H groups in total. The van der Waals surface area contributed by atoms with Crippen LogP contribution < -0.4 is 0 Å². The normalized spacial score (nSPS) is 10.8. The molecule has 20 heavy (non-hydrogen) atoms. The minimum absolute atomic E-state index is 0. The van der Waals surface area contributed by atoms with E-state index in [2.05, 4.69) is 25.7 Å². The molecule has 0 heterocycles. The summed E-state index contributed by atoms with van der Waals surface area (Å²) in [5, 5.41) is 0. The third-order valence-electron chi connectivity index (χ3n) is 3.91. The van der Waals surface area contributed by atoms with Crippen molar-refractivity contribution in [1.29, 1.82) is 0 Å². The quantitative estimate of drug-likeness (QED) is 0.289. The van der Waals surface area contributed by atoms with E-state index in [0.717, 1.165) is 0 Å². The van der Waals surface area contributed by atoms with Gasteiger partial charge in [0.15, 0.2) is 0 Å². The topological polar surface area (TPSA) is 3.24 Å². The van der Waals surface area contributed by atoms with E-state index in [9.17, 15) is 0 Å². The van der Waals surface area contributed by atoms with Gasteiger partial charge in [-0.05, 0) is 38.9 Å². The van der Waals surface area contributed by atoms with Gasteiger partial charge in [-0.1, -0.05) is 78.6 Å². The molecule has 0 amide bonds. The Kier molecular flexibility index (Phi) is 23.2.